The first kappa shape index (κ1) is 14.2. The summed E-state index contributed by atoms with van der Waals surface area (Å²) < 4.78 is 0. The Morgan fingerprint density at radius 1 is 1.47 bits per heavy atom. The van der Waals surface area contributed by atoms with Gasteiger partial charge in [0.05, 0.1) is 12.1 Å². The van der Waals surface area contributed by atoms with Gasteiger partial charge in [-0.1, -0.05) is 11.8 Å². The highest BCUT2D eigenvalue weighted by Crippen LogP contribution is 1.83. The highest BCUT2D eigenvalue weighted by molar-refractivity contribution is 6.37. The molecule has 0 aliphatic rings. The summed E-state index contributed by atoms with van der Waals surface area (Å²) in [5, 5.41) is 33.7. The number of nitrogens with two attached hydrogens (primary N) is 1. The standard InChI is InChI=1S/C9H12N6O2/c10-4-6(2-1-3-14-9(16)17)5-15-8(13)7(11)12/h4-5,10,14H,3H2,(H3,11,12)(H2,13,15)(H,16,17)/b6-5-,10-4?. The average Bonchev–Trinajstić information content (AvgIpc) is 2.27. The predicted octanol–water partition coefficient (Wildman–Crippen LogP) is -0.706. The maximum Gasteiger partial charge on any atom is 0.405 e. The molecular weight excluding hydrogens is 224 g/mol. The molecule has 8 N–H and O–H groups in total. The summed E-state index contributed by atoms with van der Waals surface area (Å²) >= 11 is 0. The maximum absolute atomic E-state index is 10.1. The molecule has 0 rings (SSSR count). The van der Waals surface area contributed by atoms with Crippen LogP contribution in [0, 0.1) is 28.1 Å². The fraction of sp³-hybridized carbons (Fsp3) is 0.111. The minimum Gasteiger partial charge on any atom is -0.465 e. The SMILES string of the molecule is N=C/C(C#CCNC(=O)O)=C\NC(=N)C(=N)N. The van der Waals surface area contributed by atoms with Crippen molar-refractivity contribution in [2.45, 2.75) is 0 Å². The number of rotatable bonds is 3. The summed E-state index contributed by atoms with van der Waals surface area (Å²) in [4.78, 5) is 10.1. The van der Waals surface area contributed by atoms with Gasteiger partial charge in [-0.2, -0.15) is 0 Å². The third kappa shape index (κ3) is 7.15. The van der Waals surface area contributed by atoms with Gasteiger partial charge in [0.2, 0.25) is 0 Å². The zero-order valence-electron chi connectivity index (χ0n) is 8.79. The van der Waals surface area contributed by atoms with Crippen molar-refractivity contribution in [2.24, 2.45) is 5.73 Å². The Kier molecular flexibility index (Phi) is 6.23. The van der Waals surface area contributed by atoms with E-state index in [0.717, 1.165) is 6.21 Å². The van der Waals surface area contributed by atoms with E-state index in [-0.39, 0.29) is 18.0 Å². The van der Waals surface area contributed by atoms with E-state index in [1.54, 1.807) is 0 Å². The number of allylic oxidation sites excluding steroid dienone is 1. The van der Waals surface area contributed by atoms with Crippen LogP contribution in [-0.4, -0.2) is 35.6 Å². The van der Waals surface area contributed by atoms with Gasteiger partial charge >= 0.3 is 6.09 Å². The molecule has 0 bridgehead atoms. The highest BCUT2D eigenvalue weighted by atomic mass is 16.4. The largest absolute Gasteiger partial charge is 0.465 e. The van der Waals surface area contributed by atoms with E-state index in [1.807, 2.05) is 5.32 Å². The van der Waals surface area contributed by atoms with Crippen molar-refractivity contribution in [3.63, 3.8) is 0 Å². The molecule has 0 unspecified atom stereocenters. The van der Waals surface area contributed by atoms with Crippen molar-refractivity contribution in [1.82, 2.24) is 10.6 Å². The van der Waals surface area contributed by atoms with Gasteiger partial charge in [0.25, 0.3) is 0 Å². The lowest BCUT2D eigenvalue weighted by molar-refractivity contribution is 0.196. The summed E-state index contributed by atoms with van der Waals surface area (Å²) in [7, 11) is 0. The molecule has 0 heterocycles. The fourth-order valence-corrected chi connectivity index (χ4v) is 0.608. The third-order valence-corrected chi connectivity index (χ3v) is 1.36. The first-order chi connectivity index (χ1) is 7.97. The van der Waals surface area contributed by atoms with Crippen LogP contribution >= 0.6 is 0 Å². The van der Waals surface area contributed by atoms with Crippen LogP contribution in [0.25, 0.3) is 0 Å². The van der Waals surface area contributed by atoms with Gasteiger partial charge < -0.3 is 26.9 Å². The van der Waals surface area contributed by atoms with Gasteiger partial charge in [-0.05, 0) is 0 Å². The van der Waals surface area contributed by atoms with E-state index in [2.05, 4.69) is 17.2 Å². The Morgan fingerprint density at radius 3 is 2.59 bits per heavy atom. The molecule has 17 heavy (non-hydrogen) atoms. The Labute approximate surface area is 97.4 Å². The quantitative estimate of drug-likeness (QED) is 0.196. The minimum atomic E-state index is -1.18. The summed E-state index contributed by atoms with van der Waals surface area (Å²) in [5.41, 5.74) is 5.24. The Bertz CT molecular complexity index is 429. The van der Waals surface area contributed by atoms with E-state index in [4.69, 9.17) is 27.1 Å². The zero-order valence-corrected chi connectivity index (χ0v) is 8.79. The van der Waals surface area contributed by atoms with Gasteiger partial charge in [-0.3, -0.25) is 10.8 Å². The van der Waals surface area contributed by atoms with Gasteiger partial charge in [0.15, 0.2) is 11.7 Å². The summed E-state index contributed by atoms with van der Waals surface area (Å²) in [6.45, 7) is -0.0648. The monoisotopic (exact) mass is 236 g/mol. The normalized spacial score (nSPS) is 9.53. The van der Waals surface area contributed by atoms with Crippen molar-refractivity contribution in [1.29, 1.82) is 16.2 Å². The lowest BCUT2D eigenvalue weighted by Gasteiger charge is -1.99. The van der Waals surface area contributed by atoms with Crippen LogP contribution in [0.5, 0.6) is 0 Å². The predicted molar refractivity (Wildman–Crippen MR) is 63.4 cm³/mol. The number of hydrogen-bond donors (Lipinski definition) is 7. The van der Waals surface area contributed by atoms with E-state index >= 15 is 0 Å². The fourth-order valence-electron chi connectivity index (χ4n) is 0.608. The van der Waals surface area contributed by atoms with E-state index in [1.165, 1.54) is 6.20 Å². The second-order valence-corrected chi connectivity index (χ2v) is 2.64. The second-order valence-electron chi connectivity index (χ2n) is 2.64. The first-order valence-corrected chi connectivity index (χ1v) is 4.33. The maximum atomic E-state index is 10.1. The number of amides is 1. The first-order valence-electron chi connectivity index (χ1n) is 4.33. The lowest BCUT2D eigenvalue weighted by Crippen LogP contribution is -2.31. The second kappa shape index (κ2) is 7.47. The Balaban J connectivity index is 4.37. The molecule has 90 valence electrons. The van der Waals surface area contributed by atoms with Crippen molar-refractivity contribution >= 4 is 24.0 Å². The molecule has 0 aromatic rings. The molecule has 0 radical (unpaired) electrons. The summed E-state index contributed by atoms with van der Waals surface area (Å²) in [6.07, 6.45) is 0.967. The molecule has 8 nitrogen and oxygen atoms in total. The highest BCUT2D eigenvalue weighted by Gasteiger charge is 1.96. The van der Waals surface area contributed by atoms with E-state index < -0.39 is 11.9 Å². The van der Waals surface area contributed by atoms with Gasteiger partial charge in [0.1, 0.15) is 0 Å². The van der Waals surface area contributed by atoms with Crippen LogP contribution < -0.4 is 16.4 Å². The number of carboxylic acid groups (broad SMARTS) is 1. The lowest BCUT2D eigenvalue weighted by atomic mass is 10.3. The Hall–Kier alpha value is -2.82. The molecule has 0 atom stereocenters. The third-order valence-electron chi connectivity index (χ3n) is 1.36. The number of amidine groups is 2. The van der Waals surface area contributed by atoms with Gasteiger partial charge in [-0.15, -0.1) is 0 Å². The number of carbonyl (C=O) groups is 1. The molecule has 0 aromatic carbocycles. The van der Waals surface area contributed by atoms with E-state index in [9.17, 15) is 4.79 Å². The van der Waals surface area contributed by atoms with Gasteiger partial charge in [0, 0.05) is 12.4 Å². The van der Waals surface area contributed by atoms with Crippen molar-refractivity contribution in [3.05, 3.63) is 11.8 Å². The van der Waals surface area contributed by atoms with Crippen LogP contribution in [-0.2, 0) is 0 Å². The van der Waals surface area contributed by atoms with Crippen LogP contribution in [0.4, 0.5) is 4.79 Å². The van der Waals surface area contributed by atoms with Gasteiger partial charge in [-0.25, -0.2) is 4.79 Å². The topological polar surface area (TPSA) is 159 Å². The average molecular weight is 236 g/mol. The molecule has 0 aliphatic heterocycles. The molecule has 0 fully saturated rings. The molecule has 0 spiro atoms. The smallest absolute Gasteiger partial charge is 0.405 e. The van der Waals surface area contributed by atoms with Crippen LogP contribution in [0.1, 0.15) is 0 Å². The molecule has 0 aromatic heterocycles. The summed E-state index contributed by atoms with van der Waals surface area (Å²) in [5.74, 6) is 4.21. The summed E-state index contributed by atoms with van der Waals surface area (Å²) in [6, 6.07) is 0. The molecule has 0 aliphatic carbocycles. The number of hydrogen-bond acceptors (Lipinski definition) is 4. The van der Waals surface area contributed by atoms with Crippen molar-refractivity contribution in [2.75, 3.05) is 6.54 Å². The zero-order chi connectivity index (χ0) is 13.3. The van der Waals surface area contributed by atoms with Crippen LogP contribution in [0.3, 0.4) is 0 Å². The molecule has 0 saturated carbocycles. The molecule has 0 saturated heterocycles. The van der Waals surface area contributed by atoms with E-state index in [0.29, 0.717) is 0 Å². The van der Waals surface area contributed by atoms with Crippen molar-refractivity contribution in [3.8, 4) is 11.8 Å². The Morgan fingerprint density at radius 2 is 2.12 bits per heavy atom. The molecule has 8 heteroatoms. The van der Waals surface area contributed by atoms with Crippen molar-refractivity contribution < 1.29 is 9.90 Å². The number of nitrogens with one attached hydrogen (secondary N) is 5. The molecular formula is C9H12N6O2. The minimum absolute atomic E-state index is 0.0648. The van der Waals surface area contributed by atoms with Crippen LogP contribution in [0.15, 0.2) is 11.8 Å². The van der Waals surface area contributed by atoms with Crippen LogP contribution in [0.2, 0.25) is 0 Å². The molecule has 1 amide bonds.